The number of aryl methyl sites for hydroxylation is 1. The van der Waals surface area contributed by atoms with Crippen LogP contribution in [0.15, 0.2) is 12.1 Å². The van der Waals surface area contributed by atoms with Gasteiger partial charge in [0.25, 0.3) is 0 Å². The number of nitrogens with one attached hydrogen (secondary N) is 1. The lowest BCUT2D eigenvalue weighted by Crippen LogP contribution is -2.23. The van der Waals surface area contributed by atoms with Crippen LogP contribution in [0.3, 0.4) is 0 Å². The van der Waals surface area contributed by atoms with Gasteiger partial charge in [0.1, 0.15) is 0 Å². The van der Waals surface area contributed by atoms with E-state index in [0.29, 0.717) is 13.2 Å². The number of alkyl carbamates (subject to hydrolysis) is 1. The topological polar surface area (TPSA) is 38.3 Å². The molecule has 13 heavy (non-hydrogen) atoms. The third-order valence-electron chi connectivity index (χ3n) is 1.48. The first-order valence-electron chi connectivity index (χ1n) is 4.18. The first kappa shape index (κ1) is 10.1. The van der Waals surface area contributed by atoms with Gasteiger partial charge in [-0.25, -0.2) is 4.79 Å². The van der Waals surface area contributed by atoms with Crippen LogP contribution >= 0.6 is 11.3 Å². The highest BCUT2D eigenvalue weighted by Gasteiger charge is 2.01. The van der Waals surface area contributed by atoms with E-state index in [-0.39, 0.29) is 6.09 Å². The molecule has 0 saturated carbocycles. The van der Waals surface area contributed by atoms with Crippen molar-refractivity contribution >= 4 is 17.4 Å². The van der Waals surface area contributed by atoms with Crippen molar-refractivity contribution in [2.75, 3.05) is 6.61 Å². The Hall–Kier alpha value is -1.03. The van der Waals surface area contributed by atoms with Crippen LogP contribution in [0.25, 0.3) is 0 Å². The molecular formula is C9H13NO2S. The Morgan fingerprint density at radius 2 is 2.38 bits per heavy atom. The molecule has 3 nitrogen and oxygen atoms in total. The summed E-state index contributed by atoms with van der Waals surface area (Å²) in [6.07, 6.45) is -0.353. The van der Waals surface area contributed by atoms with Gasteiger partial charge in [0.15, 0.2) is 0 Å². The zero-order valence-corrected chi connectivity index (χ0v) is 8.61. The minimum atomic E-state index is -0.353. The van der Waals surface area contributed by atoms with Gasteiger partial charge in [-0.1, -0.05) is 0 Å². The second-order valence-electron chi connectivity index (χ2n) is 2.59. The van der Waals surface area contributed by atoms with Gasteiger partial charge < -0.3 is 10.1 Å². The quantitative estimate of drug-likeness (QED) is 0.811. The highest BCUT2D eigenvalue weighted by Crippen LogP contribution is 2.14. The second kappa shape index (κ2) is 4.87. The maximum absolute atomic E-state index is 10.9. The monoisotopic (exact) mass is 199 g/mol. The van der Waals surface area contributed by atoms with Crippen LogP contribution in [0, 0.1) is 6.92 Å². The summed E-state index contributed by atoms with van der Waals surface area (Å²) in [4.78, 5) is 13.3. The summed E-state index contributed by atoms with van der Waals surface area (Å²) in [7, 11) is 0. The summed E-state index contributed by atoms with van der Waals surface area (Å²) in [6, 6.07) is 4.04. The predicted molar refractivity (Wildman–Crippen MR) is 52.9 cm³/mol. The fourth-order valence-corrected chi connectivity index (χ4v) is 1.75. The van der Waals surface area contributed by atoms with Gasteiger partial charge in [-0.15, -0.1) is 11.3 Å². The molecule has 0 unspecified atom stereocenters. The summed E-state index contributed by atoms with van der Waals surface area (Å²) in [5.74, 6) is 0. The number of hydrogen-bond donors (Lipinski definition) is 1. The van der Waals surface area contributed by atoms with Gasteiger partial charge >= 0.3 is 6.09 Å². The number of hydrogen-bond acceptors (Lipinski definition) is 3. The van der Waals surface area contributed by atoms with E-state index < -0.39 is 0 Å². The molecule has 0 radical (unpaired) electrons. The molecule has 0 aliphatic heterocycles. The molecule has 0 aromatic carbocycles. The summed E-state index contributed by atoms with van der Waals surface area (Å²) < 4.78 is 4.72. The zero-order valence-electron chi connectivity index (χ0n) is 7.79. The normalized spacial score (nSPS) is 9.69. The van der Waals surface area contributed by atoms with E-state index in [1.54, 1.807) is 18.3 Å². The summed E-state index contributed by atoms with van der Waals surface area (Å²) in [5, 5.41) is 2.66. The zero-order chi connectivity index (χ0) is 9.68. The molecule has 0 fully saturated rings. The van der Waals surface area contributed by atoms with Gasteiger partial charge in [-0.2, -0.15) is 0 Å². The fraction of sp³-hybridized carbons (Fsp3) is 0.444. The van der Waals surface area contributed by atoms with Crippen LogP contribution < -0.4 is 5.32 Å². The molecule has 1 N–H and O–H groups in total. The Kier molecular flexibility index (Phi) is 3.76. The Labute approximate surface area is 81.7 Å². The maximum Gasteiger partial charge on any atom is 0.407 e. The van der Waals surface area contributed by atoms with Crippen LogP contribution in [-0.2, 0) is 11.3 Å². The Morgan fingerprint density at radius 3 is 2.92 bits per heavy atom. The van der Waals surface area contributed by atoms with Crippen molar-refractivity contribution < 1.29 is 9.53 Å². The van der Waals surface area contributed by atoms with Crippen molar-refractivity contribution in [3.63, 3.8) is 0 Å². The van der Waals surface area contributed by atoms with Gasteiger partial charge in [-0.05, 0) is 26.0 Å². The van der Waals surface area contributed by atoms with Crippen molar-refractivity contribution in [3.05, 3.63) is 21.9 Å². The molecule has 1 rings (SSSR count). The van der Waals surface area contributed by atoms with E-state index in [2.05, 4.69) is 5.32 Å². The minimum absolute atomic E-state index is 0.353. The van der Waals surface area contributed by atoms with Gasteiger partial charge in [0.05, 0.1) is 13.2 Å². The standard InChI is InChI=1S/C9H13NO2S/c1-3-12-9(11)10-6-8-5-4-7(2)13-8/h4-5H,3,6H2,1-2H3,(H,10,11). The molecule has 1 amide bonds. The van der Waals surface area contributed by atoms with Crippen LogP contribution in [-0.4, -0.2) is 12.7 Å². The molecule has 0 saturated heterocycles. The number of ether oxygens (including phenoxy) is 1. The number of thiophene rings is 1. The lowest BCUT2D eigenvalue weighted by Gasteiger charge is -2.02. The van der Waals surface area contributed by atoms with Crippen molar-refractivity contribution in [1.29, 1.82) is 0 Å². The van der Waals surface area contributed by atoms with E-state index in [9.17, 15) is 4.79 Å². The van der Waals surface area contributed by atoms with Crippen molar-refractivity contribution in [2.24, 2.45) is 0 Å². The van der Waals surface area contributed by atoms with E-state index in [1.165, 1.54) is 4.88 Å². The Bertz CT molecular complexity index is 283. The smallest absolute Gasteiger partial charge is 0.407 e. The van der Waals surface area contributed by atoms with Crippen LogP contribution in [0.4, 0.5) is 4.79 Å². The second-order valence-corrected chi connectivity index (χ2v) is 3.96. The third-order valence-corrected chi connectivity index (χ3v) is 2.48. The molecule has 0 aliphatic carbocycles. The van der Waals surface area contributed by atoms with E-state index >= 15 is 0 Å². The van der Waals surface area contributed by atoms with Crippen molar-refractivity contribution in [2.45, 2.75) is 20.4 Å². The number of carbonyl (C=O) groups excluding carboxylic acids is 1. The third kappa shape index (κ3) is 3.46. The lowest BCUT2D eigenvalue weighted by molar-refractivity contribution is 0.152. The molecule has 0 bridgehead atoms. The summed E-state index contributed by atoms with van der Waals surface area (Å²) >= 11 is 1.68. The van der Waals surface area contributed by atoms with Gasteiger partial charge in [-0.3, -0.25) is 0 Å². The first-order chi connectivity index (χ1) is 6.22. The summed E-state index contributed by atoms with van der Waals surface area (Å²) in [5.41, 5.74) is 0. The van der Waals surface area contributed by atoms with Gasteiger partial charge in [0, 0.05) is 9.75 Å². The molecule has 0 aliphatic rings. The van der Waals surface area contributed by atoms with Crippen LogP contribution in [0.5, 0.6) is 0 Å². The number of amides is 1. The number of rotatable bonds is 3. The lowest BCUT2D eigenvalue weighted by atomic mass is 10.4. The van der Waals surface area contributed by atoms with Crippen molar-refractivity contribution in [1.82, 2.24) is 5.32 Å². The van der Waals surface area contributed by atoms with E-state index in [1.807, 2.05) is 19.1 Å². The molecule has 1 heterocycles. The summed E-state index contributed by atoms with van der Waals surface area (Å²) in [6.45, 7) is 4.79. The Balaban J connectivity index is 2.30. The molecule has 0 spiro atoms. The maximum atomic E-state index is 10.9. The SMILES string of the molecule is CCOC(=O)NCc1ccc(C)s1. The molecule has 72 valence electrons. The molecule has 0 atom stereocenters. The average Bonchev–Trinajstić information content (AvgIpc) is 2.49. The van der Waals surface area contributed by atoms with E-state index in [4.69, 9.17) is 4.74 Å². The first-order valence-corrected chi connectivity index (χ1v) is 5.00. The largest absolute Gasteiger partial charge is 0.450 e. The van der Waals surface area contributed by atoms with Gasteiger partial charge in [0.2, 0.25) is 0 Å². The predicted octanol–water partition coefficient (Wildman–Crippen LogP) is 2.30. The molecule has 1 aromatic heterocycles. The van der Waals surface area contributed by atoms with Crippen LogP contribution in [0.1, 0.15) is 16.7 Å². The Morgan fingerprint density at radius 1 is 1.62 bits per heavy atom. The highest BCUT2D eigenvalue weighted by molar-refractivity contribution is 7.11. The molecule has 1 aromatic rings. The van der Waals surface area contributed by atoms with E-state index in [0.717, 1.165) is 4.88 Å². The minimum Gasteiger partial charge on any atom is -0.450 e. The number of carbonyl (C=O) groups is 1. The van der Waals surface area contributed by atoms with Crippen LogP contribution in [0.2, 0.25) is 0 Å². The average molecular weight is 199 g/mol. The molecular weight excluding hydrogens is 186 g/mol. The molecule has 4 heteroatoms. The van der Waals surface area contributed by atoms with Crippen molar-refractivity contribution in [3.8, 4) is 0 Å². The fourth-order valence-electron chi connectivity index (χ4n) is 0.922. The highest BCUT2D eigenvalue weighted by atomic mass is 32.1.